The van der Waals surface area contributed by atoms with Crippen LogP contribution in [0.3, 0.4) is 0 Å². The Labute approximate surface area is 72.8 Å². The van der Waals surface area contributed by atoms with Crippen molar-refractivity contribution in [3.05, 3.63) is 0 Å². The van der Waals surface area contributed by atoms with Gasteiger partial charge in [-0.05, 0) is 26.8 Å². The molecule has 3 atom stereocenters. The summed E-state index contributed by atoms with van der Waals surface area (Å²) in [4.78, 5) is 0. The van der Waals surface area contributed by atoms with E-state index in [0.717, 1.165) is 0 Å². The number of nitrogens with one attached hydrogen (secondary N) is 1. The fourth-order valence-corrected chi connectivity index (χ4v) is 0.895. The number of aliphatic hydroxyl groups is 2. The van der Waals surface area contributed by atoms with Gasteiger partial charge in [0.05, 0.1) is 18.1 Å². The van der Waals surface area contributed by atoms with Crippen LogP contribution in [0.2, 0.25) is 0 Å². The largest absolute Gasteiger partial charge is 0.392 e. The molecule has 0 radical (unpaired) electrons. The fraction of sp³-hybridized carbons (Fsp3) is 0.875. The summed E-state index contributed by atoms with van der Waals surface area (Å²) in [5, 5.41) is 29.4. The second-order valence-corrected chi connectivity index (χ2v) is 2.86. The Morgan fingerprint density at radius 3 is 2.33 bits per heavy atom. The summed E-state index contributed by atoms with van der Waals surface area (Å²) >= 11 is 0. The van der Waals surface area contributed by atoms with Crippen molar-refractivity contribution in [3.8, 4) is 6.07 Å². The smallest absolute Gasteiger partial charge is 0.104 e. The van der Waals surface area contributed by atoms with E-state index in [1.807, 2.05) is 6.07 Å². The van der Waals surface area contributed by atoms with Gasteiger partial charge in [-0.15, -0.1) is 0 Å². The van der Waals surface area contributed by atoms with E-state index in [1.54, 1.807) is 14.0 Å². The summed E-state index contributed by atoms with van der Waals surface area (Å²) in [6, 6.07) is 1.99. The van der Waals surface area contributed by atoms with Crippen molar-refractivity contribution < 1.29 is 10.2 Å². The van der Waals surface area contributed by atoms with E-state index in [2.05, 4.69) is 5.32 Å². The third-order valence-corrected chi connectivity index (χ3v) is 1.83. The lowest BCUT2D eigenvalue weighted by Crippen LogP contribution is -2.26. The lowest BCUT2D eigenvalue weighted by Gasteiger charge is -2.14. The maximum absolute atomic E-state index is 9.08. The molecule has 0 spiro atoms. The van der Waals surface area contributed by atoms with Crippen molar-refractivity contribution in [2.75, 3.05) is 7.05 Å². The van der Waals surface area contributed by atoms with Gasteiger partial charge in [0, 0.05) is 0 Å². The van der Waals surface area contributed by atoms with Gasteiger partial charge in [0.15, 0.2) is 0 Å². The first-order valence-electron chi connectivity index (χ1n) is 4.04. The maximum atomic E-state index is 9.08. The van der Waals surface area contributed by atoms with E-state index in [0.29, 0.717) is 12.8 Å². The Balaban J connectivity index is 3.67. The summed E-state index contributed by atoms with van der Waals surface area (Å²) in [6.45, 7) is 1.58. The Kier molecular flexibility index (Phi) is 5.64. The van der Waals surface area contributed by atoms with Crippen molar-refractivity contribution in [1.82, 2.24) is 5.32 Å². The number of nitriles is 1. The van der Waals surface area contributed by atoms with Gasteiger partial charge in [0.1, 0.15) is 6.23 Å². The molecule has 0 rings (SSSR count). The molecule has 0 bridgehead atoms. The number of aliphatic hydroxyl groups excluding tert-OH is 2. The molecule has 0 aliphatic carbocycles. The molecule has 3 unspecified atom stereocenters. The second kappa shape index (κ2) is 5.95. The molecule has 0 saturated heterocycles. The Morgan fingerprint density at radius 2 is 2.00 bits per heavy atom. The molecule has 70 valence electrons. The normalized spacial score (nSPS) is 17.9. The minimum absolute atomic E-state index is 0.381. The zero-order valence-corrected chi connectivity index (χ0v) is 7.49. The maximum Gasteiger partial charge on any atom is 0.104 e. The minimum Gasteiger partial charge on any atom is -0.392 e. The molecule has 12 heavy (non-hydrogen) atoms. The summed E-state index contributed by atoms with van der Waals surface area (Å²) in [5.41, 5.74) is 0. The summed E-state index contributed by atoms with van der Waals surface area (Å²) < 4.78 is 0. The standard InChI is InChI=1S/C8H16N2O2/c1-6(11)7(5-9)3-4-8(12)10-2/h6-8,10-12H,3-4H2,1-2H3. The van der Waals surface area contributed by atoms with E-state index in [1.165, 1.54) is 0 Å². The molecule has 0 amide bonds. The third-order valence-electron chi connectivity index (χ3n) is 1.83. The average Bonchev–Trinajstić information content (AvgIpc) is 2.04. The highest BCUT2D eigenvalue weighted by molar-refractivity contribution is 4.86. The molecular weight excluding hydrogens is 156 g/mol. The highest BCUT2D eigenvalue weighted by Crippen LogP contribution is 2.10. The van der Waals surface area contributed by atoms with Gasteiger partial charge in [-0.3, -0.25) is 5.32 Å². The SMILES string of the molecule is CNC(O)CCC(C#N)C(C)O. The van der Waals surface area contributed by atoms with Crippen molar-refractivity contribution in [2.45, 2.75) is 32.1 Å². The number of hydrogen-bond donors (Lipinski definition) is 3. The molecule has 3 N–H and O–H groups in total. The van der Waals surface area contributed by atoms with Gasteiger partial charge in [0.25, 0.3) is 0 Å². The van der Waals surface area contributed by atoms with Crippen molar-refractivity contribution >= 4 is 0 Å². The first-order chi connectivity index (χ1) is 5.61. The van der Waals surface area contributed by atoms with Crippen LogP contribution in [0.4, 0.5) is 0 Å². The predicted octanol–water partition coefficient (Wildman–Crippen LogP) is -0.175. The van der Waals surface area contributed by atoms with Crippen molar-refractivity contribution in [1.29, 1.82) is 5.26 Å². The second-order valence-electron chi connectivity index (χ2n) is 2.86. The summed E-state index contributed by atoms with van der Waals surface area (Å²) in [5.74, 6) is -0.381. The van der Waals surface area contributed by atoms with E-state index in [4.69, 9.17) is 15.5 Å². The van der Waals surface area contributed by atoms with Crippen LogP contribution in [0.1, 0.15) is 19.8 Å². The molecule has 0 heterocycles. The van der Waals surface area contributed by atoms with Crippen LogP contribution in [-0.4, -0.2) is 29.6 Å². The molecule has 0 fully saturated rings. The first kappa shape index (κ1) is 11.4. The fourth-order valence-electron chi connectivity index (χ4n) is 0.895. The van der Waals surface area contributed by atoms with Gasteiger partial charge in [-0.2, -0.15) is 5.26 Å². The lowest BCUT2D eigenvalue weighted by atomic mass is 9.99. The Morgan fingerprint density at radius 1 is 1.42 bits per heavy atom. The first-order valence-corrected chi connectivity index (χ1v) is 4.04. The van der Waals surface area contributed by atoms with Gasteiger partial charge in [-0.1, -0.05) is 0 Å². The van der Waals surface area contributed by atoms with Crippen LogP contribution in [-0.2, 0) is 0 Å². The summed E-state index contributed by atoms with van der Waals surface area (Å²) in [6.07, 6.45) is -0.214. The minimum atomic E-state index is -0.626. The highest BCUT2D eigenvalue weighted by Gasteiger charge is 2.14. The molecule has 0 aromatic heterocycles. The molecule has 0 aromatic carbocycles. The quantitative estimate of drug-likeness (QED) is 0.503. The van der Waals surface area contributed by atoms with Crippen LogP contribution in [0, 0.1) is 17.2 Å². The van der Waals surface area contributed by atoms with Crippen LogP contribution in [0.15, 0.2) is 0 Å². The van der Waals surface area contributed by atoms with E-state index < -0.39 is 12.3 Å². The van der Waals surface area contributed by atoms with Gasteiger partial charge >= 0.3 is 0 Å². The number of rotatable bonds is 5. The van der Waals surface area contributed by atoms with Crippen molar-refractivity contribution in [2.24, 2.45) is 5.92 Å². The molecule has 0 saturated carbocycles. The molecule has 0 aliphatic heterocycles. The average molecular weight is 172 g/mol. The molecule has 0 aliphatic rings. The molecular formula is C8H16N2O2. The molecule has 4 nitrogen and oxygen atoms in total. The van der Waals surface area contributed by atoms with E-state index in [-0.39, 0.29) is 5.92 Å². The third kappa shape index (κ3) is 4.29. The predicted molar refractivity (Wildman–Crippen MR) is 45.1 cm³/mol. The van der Waals surface area contributed by atoms with Crippen molar-refractivity contribution in [3.63, 3.8) is 0 Å². The number of nitrogens with zero attached hydrogens (tertiary/aromatic N) is 1. The topological polar surface area (TPSA) is 76.3 Å². The van der Waals surface area contributed by atoms with Crippen LogP contribution in [0.25, 0.3) is 0 Å². The van der Waals surface area contributed by atoms with E-state index in [9.17, 15) is 0 Å². The van der Waals surface area contributed by atoms with Crippen LogP contribution < -0.4 is 5.32 Å². The molecule has 0 aromatic rings. The lowest BCUT2D eigenvalue weighted by molar-refractivity contribution is 0.106. The monoisotopic (exact) mass is 172 g/mol. The Bertz CT molecular complexity index is 154. The highest BCUT2D eigenvalue weighted by atomic mass is 16.3. The van der Waals surface area contributed by atoms with Crippen LogP contribution in [0.5, 0.6) is 0 Å². The Hall–Kier alpha value is -0.630. The number of hydrogen-bond acceptors (Lipinski definition) is 4. The van der Waals surface area contributed by atoms with E-state index >= 15 is 0 Å². The summed E-state index contributed by atoms with van der Waals surface area (Å²) in [7, 11) is 1.65. The zero-order chi connectivity index (χ0) is 9.56. The van der Waals surface area contributed by atoms with Crippen LogP contribution >= 0.6 is 0 Å². The van der Waals surface area contributed by atoms with Gasteiger partial charge in [0.2, 0.25) is 0 Å². The van der Waals surface area contributed by atoms with Gasteiger partial charge in [-0.25, -0.2) is 0 Å². The van der Waals surface area contributed by atoms with Gasteiger partial charge < -0.3 is 10.2 Å². The zero-order valence-electron chi connectivity index (χ0n) is 7.49. The molecule has 4 heteroatoms.